The third-order valence-corrected chi connectivity index (χ3v) is 2.18. The van der Waals surface area contributed by atoms with Gasteiger partial charge in [0.25, 0.3) is 5.91 Å². The van der Waals surface area contributed by atoms with E-state index in [0.29, 0.717) is 11.3 Å². The molecule has 1 aliphatic rings. The maximum Gasteiger partial charge on any atom is 0.254 e. The van der Waals surface area contributed by atoms with Crippen LogP contribution in [0.4, 0.5) is 5.69 Å². The molecule has 0 bridgehead atoms. The van der Waals surface area contributed by atoms with Crippen molar-refractivity contribution in [2.45, 2.75) is 6.92 Å². The van der Waals surface area contributed by atoms with Gasteiger partial charge in [0.05, 0.1) is 17.8 Å². The van der Waals surface area contributed by atoms with Crippen LogP contribution in [0.15, 0.2) is 18.2 Å². The number of carbonyl (C=O) groups is 2. The fourth-order valence-corrected chi connectivity index (χ4v) is 1.52. The van der Waals surface area contributed by atoms with E-state index in [9.17, 15) is 9.59 Å². The number of fused-ring (bicyclic) bond motifs is 1. The number of rotatable bonds is 0. The Morgan fingerprint density at radius 2 is 2.07 bits per heavy atom. The number of amides is 2. The van der Waals surface area contributed by atoms with E-state index < -0.39 is 0 Å². The molecular weight excluding hydrogens is 180 g/mol. The van der Waals surface area contributed by atoms with E-state index in [1.807, 2.05) is 19.1 Å². The second-order valence-corrected chi connectivity index (χ2v) is 3.23. The average molecular weight is 190 g/mol. The lowest BCUT2D eigenvalue weighted by molar-refractivity contribution is -0.115. The Labute approximate surface area is 81.3 Å². The molecule has 4 heteroatoms. The lowest BCUT2D eigenvalue weighted by Crippen LogP contribution is -2.28. The molecule has 72 valence electrons. The van der Waals surface area contributed by atoms with Gasteiger partial charge in [0.2, 0.25) is 5.91 Å². The summed E-state index contributed by atoms with van der Waals surface area (Å²) in [7, 11) is 0. The van der Waals surface area contributed by atoms with Crippen molar-refractivity contribution in [3.05, 3.63) is 29.3 Å². The average Bonchev–Trinajstić information content (AvgIpc) is 2.27. The Morgan fingerprint density at radius 1 is 1.29 bits per heavy atom. The number of aryl methyl sites for hydroxylation is 1. The van der Waals surface area contributed by atoms with Gasteiger partial charge in [0.1, 0.15) is 0 Å². The van der Waals surface area contributed by atoms with Crippen LogP contribution >= 0.6 is 0 Å². The predicted molar refractivity (Wildman–Crippen MR) is 52.1 cm³/mol. The molecule has 0 radical (unpaired) electrons. The van der Waals surface area contributed by atoms with Gasteiger partial charge < -0.3 is 10.6 Å². The Hall–Kier alpha value is -1.84. The van der Waals surface area contributed by atoms with Crippen LogP contribution in [0.5, 0.6) is 0 Å². The van der Waals surface area contributed by atoms with E-state index >= 15 is 0 Å². The van der Waals surface area contributed by atoms with Gasteiger partial charge in [-0.2, -0.15) is 0 Å². The van der Waals surface area contributed by atoms with Gasteiger partial charge in [-0.25, -0.2) is 0 Å². The van der Waals surface area contributed by atoms with E-state index in [4.69, 9.17) is 0 Å². The number of hydrogen-bond acceptors (Lipinski definition) is 2. The summed E-state index contributed by atoms with van der Waals surface area (Å²) in [6, 6.07) is 5.38. The minimum Gasteiger partial charge on any atom is -0.343 e. The molecule has 0 aromatic heterocycles. The first-order chi connectivity index (χ1) is 6.68. The zero-order chi connectivity index (χ0) is 10.1. The van der Waals surface area contributed by atoms with Crippen molar-refractivity contribution in [3.63, 3.8) is 0 Å². The predicted octanol–water partition coefficient (Wildman–Crippen LogP) is 0.677. The smallest absolute Gasteiger partial charge is 0.254 e. The van der Waals surface area contributed by atoms with Gasteiger partial charge in [-0.1, -0.05) is 12.1 Å². The molecule has 0 saturated heterocycles. The van der Waals surface area contributed by atoms with Crippen molar-refractivity contribution < 1.29 is 9.59 Å². The molecule has 2 amide bonds. The summed E-state index contributed by atoms with van der Waals surface area (Å²) in [4.78, 5) is 22.7. The van der Waals surface area contributed by atoms with Gasteiger partial charge in [-0.05, 0) is 18.6 Å². The number of carbonyl (C=O) groups excluding carboxylic acids is 2. The van der Waals surface area contributed by atoms with Crippen LogP contribution in [0.25, 0.3) is 0 Å². The van der Waals surface area contributed by atoms with Crippen molar-refractivity contribution in [1.29, 1.82) is 0 Å². The first kappa shape index (κ1) is 8.74. The molecule has 1 heterocycles. The van der Waals surface area contributed by atoms with Gasteiger partial charge in [-0.15, -0.1) is 0 Å². The third kappa shape index (κ3) is 1.35. The monoisotopic (exact) mass is 190 g/mol. The molecule has 0 saturated carbocycles. The van der Waals surface area contributed by atoms with E-state index in [-0.39, 0.29) is 18.4 Å². The van der Waals surface area contributed by atoms with Crippen LogP contribution in [-0.4, -0.2) is 18.4 Å². The zero-order valence-electron chi connectivity index (χ0n) is 7.76. The molecule has 2 rings (SSSR count). The molecule has 1 aromatic carbocycles. The third-order valence-electron chi connectivity index (χ3n) is 2.18. The largest absolute Gasteiger partial charge is 0.343 e. The van der Waals surface area contributed by atoms with Crippen molar-refractivity contribution in [3.8, 4) is 0 Å². The normalized spacial score (nSPS) is 15.2. The number of benzene rings is 1. The maximum absolute atomic E-state index is 11.6. The molecular formula is C10H10N2O2. The molecule has 4 nitrogen and oxygen atoms in total. The van der Waals surface area contributed by atoms with Crippen LogP contribution in [0.1, 0.15) is 15.9 Å². The Kier molecular flexibility index (Phi) is 1.96. The van der Waals surface area contributed by atoms with E-state index in [1.54, 1.807) is 6.07 Å². The fourth-order valence-electron chi connectivity index (χ4n) is 1.52. The minimum absolute atomic E-state index is 0.0347. The molecule has 1 aliphatic heterocycles. The Balaban J connectivity index is 2.57. The molecule has 14 heavy (non-hydrogen) atoms. The first-order valence-electron chi connectivity index (χ1n) is 4.36. The second kappa shape index (κ2) is 3.14. The SMILES string of the molecule is Cc1cccc2c1C(=O)NCC(=O)N2. The van der Waals surface area contributed by atoms with E-state index in [1.165, 1.54) is 0 Å². The van der Waals surface area contributed by atoms with Gasteiger partial charge >= 0.3 is 0 Å². The highest BCUT2D eigenvalue weighted by atomic mass is 16.2. The number of anilines is 1. The highest BCUT2D eigenvalue weighted by Gasteiger charge is 2.19. The summed E-state index contributed by atoms with van der Waals surface area (Å²) in [5.41, 5.74) is 2.01. The van der Waals surface area contributed by atoms with Gasteiger partial charge in [0, 0.05) is 0 Å². The summed E-state index contributed by atoms with van der Waals surface area (Å²) >= 11 is 0. The topological polar surface area (TPSA) is 58.2 Å². The van der Waals surface area contributed by atoms with E-state index in [0.717, 1.165) is 5.56 Å². The standard InChI is InChI=1S/C10H10N2O2/c1-6-3-2-4-7-9(6)10(14)11-5-8(13)12-7/h2-4H,5H2,1H3,(H,11,14)(H,12,13). The van der Waals surface area contributed by atoms with Crippen LogP contribution in [-0.2, 0) is 4.79 Å². The molecule has 1 aromatic rings. The van der Waals surface area contributed by atoms with Crippen LogP contribution in [0, 0.1) is 6.92 Å². The van der Waals surface area contributed by atoms with Crippen LogP contribution in [0.2, 0.25) is 0 Å². The highest BCUT2D eigenvalue weighted by Crippen LogP contribution is 2.20. The molecule has 0 unspecified atom stereocenters. The minimum atomic E-state index is -0.198. The van der Waals surface area contributed by atoms with Gasteiger partial charge in [0.15, 0.2) is 0 Å². The summed E-state index contributed by atoms with van der Waals surface area (Å²) in [6.45, 7) is 1.88. The summed E-state index contributed by atoms with van der Waals surface area (Å²) < 4.78 is 0. The molecule has 0 fully saturated rings. The number of hydrogen-bond donors (Lipinski definition) is 2. The Morgan fingerprint density at radius 3 is 2.86 bits per heavy atom. The molecule has 2 N–H and O–H groups in total. The summed E-state index contributed by atoms with van der Waals surface area (Å²) in [6.07, 6.45) is 0. The van der Waals surface area contributed by atoms with Crippen molar-refractivity contribution >= 4 is 17.5 Å². The Bertz CT molecular complexity index is 413. The maximum atomic E-state index is 11.6. The van der Waals surface area contributed by atoms with Gasteiger partial charge in [-0.3, -0.25) is 9.59 Å². The van der Waals surface area contributed by atoms with E-state index in [2.05, 4.69) is 10.6 Å². The molecule has 0 atom stereocenters. The second-order valence-electron chi connectivity index (χ2n) is 3.23. The highest BCUT2D eigenvalue weighted by molar-refractivity contribution is 6.09. The quantitative estimate of drug-likeness (QED) is 0.632. The first-order valence-corrected chi connectivity index (χ1v) is 4.36. The van der Waals surface area contributed by atoms with Crippen molar-refractivity contribution in [2.75, 3.05) is 11.9 Å². The molecule has 0 aliphatic carbocycles. The summed E-state index contributed by atoms with van der Waals surface area (Å²) in [5, 5.41) is 5.21. The van der Waals surface area contributed by atoms with Crippen molar-refractivity contribution in [1.82, 2.24) is 5.32 Å². The zero-order valence-corrected chi connectivity index (χ0v) is 7.76. The summed E-state index contributed by atoms with van der Waals surface area (Å²) in [5.74, 6) is -0.390. The van der Waals surface area contributed by atoms with Crippen LogP contribution < -0.4 is 10.6 Å². The fraction of sp³-hybridized carbons (Fsp3) is 0.200. The lowest BCUT2D eigenvalue weighted by Gasteiger charge is -2.06. The lowest BCUT2D eigenvalue weighted by atomic mass is 10.1. The van der Waals surface area contributed by atoms with Crippen LogP contribution in [0.3, 0.4) is 0 Å². The number of nitrogens with one attached hydrogen (secondary N) is 2. The van der Waals surface area contributed by atoms with Crippen molar-refractivity contribution in [2.24, 2.45) is 0 Å². The molecule has 0 spiro atoms.